The normalized spacial score (nSPS) is 21.5. The van der Waals surface area contributed by atoms with Gasteiger partial charge in [-0.3, -0.25) is 4.79 Å². The van der Waals surface area contributed by atoms with Crippen LogP contribution in [0.25, 0.3) is 5.69 Å². The first-order chi connectivity index (χ1) is 10.6. The van der Waals surface area contributed by atoms with Crippen molar-refractivity contribution in [2.45, 2.75) is 37.8 Å². The standard InChI is InChI=1S/C15H17FN4O2/c16-10-1-5-12(6-2-10)20-17-9-14(19-20)15(22)18-11-3-7-13(21)8-4-11/h1-2,5-6,9,11,13,21H,3-4,7-8H2,(H,18,22). The van der Waals surface area contributed by atoms with Crippen LogP contribution >= 0.6 is 0 Å². The van der Waals surface area contributed by atoms with Crippen molar-refractivity contribution in [1.82, 2.24) is 20.3 Å². The summed E-state index contributed by atoms with van der Waals surface area (Å²) in [4.78, 5) is 13.4. The van der Waals surface area contributed by atoms with Crippen molar-refractivity contribution < 1.29 is 14.3 Å². The Morgan fingerprint density at radius 1 is 1.23 bits per heavy atom. The summed E-state index contributed by atoms with van der Waals surface area (Å²) in [6.45, 7) is 0. The lowest BCUT2D eigenvalue weighted by Crippen LogP contribution is -2.38. The molecule has 3 rings (SSSR count). The Labute approximate surface area is 127 Å². The minimum Gasteiger partial charge on any atom is -0.393 e. The molecule has 6 nitrogen and oxygen atoms in total. The fraction of sp³-hybridized carbons (Fsp3) is 0.400. The van der Waals surface area contributed by atoms with Crippen LogP contribution in [0, 0.1) is 5.82 Å². The first-order valence-corrected chi connectivity index (χ1v) is 7.29. The van der Waals surface area contributed by atoms with Gasteiger partial charge >= 0.3 is 0 Å². The summed E-state index contributed by atoms with van der Waals surface area (Å²) < 4.78 is 12.9. The van der Waals surface area contributed by atoms with Crippen LogP contribution in [0.2, 0.25) is 0 Å². The Morgan fingerprint density at radius 2 is 1.91 bits per heavy atom. The average molecular weight is 304 g/mol. The third kappa shape index (κ3) is 3.30. The van der Waals surface area contributed by atoms with E-state index in [9.17, 15) is 14.3 Å². The van der Waals surface area contributed by atoms with Crippen LogP contribution in [-0.2, 0) is 0 Å². The summed E-state index contributed by atoms with van der Waals surface area (Å²) >= 11 is 0. The number of nitrogens with one attached hydrogen (secondary N) is 1. The number of halogens is 1. The van der Waals surface area contributed by atoms with Gasteiger partial charge < -0.3 is 10.4 Å². The van der Waals surface area contributed by atoms with Gasteiger partial charge in [0, 0.05) is 6.04 Å². The van der Waals surface area contributed by atoms with Gasteiger partial charge in [-0.15, -0.1) is 5.10 Å². The summed E-state index contributed by atoms with van der Waals surface area (Å²) in [5, 5.41) is 20.5. The molecule has 1 aliphatic rings. The Balaban J connectivity index is 1.65. The van der Waals surface area contributed by atoms with E-state index in [2.05, 4.69) is 15.5 Å². The molecule has 1 saturated carbocycles. The minimum atomic E-state index is -0.339. The average Bonchev–Trinajstić information content (AvgIpc) is 3.00. The highest BCUT2D eigenvalue weighted by atomic mass is 19.1. The van der Waals surface area contributed by atoms with Gasteiger partial charge in [0.2, 0.25) is 0 Å². The van der Waals surface area contributed by atoms with Gasteiger partial charge in [0.1, 0.15) is 5.82 Å². The molecule has 0 aliphatic heterocycles. The lowest BCUT2D eigenvalue weighted by atomic mass is 9.93. The van der Waals surface area contributed by atoms with Crippen molar-refractivity contribution in [2.75, 3.05) is 0 Å². The highest BCUT2D eigenvalue weighted by Gasteiger charge is 2.22. The van der Waals surface area contributed by atoms with E-state index in [-0.39, 0.29) is 29.6 Å². The van der Waals surface area contributed by atoms with E-state index in [4.69, 9.17) is 0 Å². The quantitative estimate of drug-likeness (QED) is 0.899. The Bertz CT molecular complexity index is 648. The Morgan fingerprint density at radius 3 is 2.59 bits per heavy atom. The van der Waals surface area contributed by atoms with E-state index < -0.39 is 0 Å². The van der Waals surface area contributed by atoms with Crippen molar-refractivity contribution in [2.24, 2.45) is 0 Å². The Hall–Kier alpha value is -2.28. The molecule has 1 aromatic heterocycles. The summed E-state index contributed by atoms with van der Waals surface area (Å²) in [5.41, 5.74) is 0.802. The molecule has 1 aromatic carbocycles. The lowest BCUT2D eigenvalue weighted by molar-refractivity contribution is 0.0863. The van der Waals surface area contributed by atoms with Crippen molar-refractivity contribution in [3.8, 4) is 5.69 Å². The second-order valence-corrected chi connectivity index (χ2v) is 5.47. The zero-order valence-corrected chi connectivity index (χ0v) is 11.9. The molecule has 1 heterocycles. The van der Waals surface area contributed by atoms with E-state index in [1.807, 2.05) is 0 Å². The largest absolute Gasteiger partial charge is 0.393 e. The number of aliphatic hydroxyl groups excluding tert-OH is 1. The molecule has 0 radical (unpaired) electrons. The number of amides is 1. The first kappa shape index (κ1) is 14.6. The third-order valence-electron chi connectivity index (χ3n) is 3.81. The summed E-state index contributed by atoms with van der Waals surface area (Å²) in [5.74, 6) is -0.622. The maximum Gasteiger partial charge on any atom is 0.273 e. The summed E-state index contributed by atoms with van der Waals surface area (Å²) in [7, 11) is 0. The van der Waals surface area contributed by atoms with Crippen LogP contribution in [0.5, 0.6) is 0 Å². The topological polar surface area (TPSA) is 80.0 Å². The molecule has 116 valence electrons. The minimum absolute atomic E-state index is 0.0619. The van der Waals surface area contributed by atoms with Crippen LogP contribution < -0.4 is 5.32 Å². The number of benzene rings is 1. The molecule has 1 aliphatic carbocycles. The number of rotatable bonds is 3. The molecule has 0 unspecified atom stereocenters. The van der Waals surface area contributed by atoms with Crippen molar-refractivity contribution >= 4 is 5.91 Å². The van der Waals surface area contributed by atoms with Gasteiger partial charge in [-0.2, -0.15) is 9.90 Å². The number of aliphatic hydroxyl groups is 1. The van der Waals surface area contributed by atoms with E-state index >= 15 is 0 Å². The number of carbonyl (C=O) groups excluding carboxylic acids is 1. The van der Waals surface area contributed by atoms with Crippen LogP contribution in [0.4, 0.5) is 4.39 Å². The zero-order chi connectivity index (χ0) is 15.5. The molecule has 0 bridgehead atoms. The predicted molar refractivity (Wildman–Crippen MR) is 77.0 cm³/mol. The Kier molecular flexibility index (Phi) is 4.15. The second kappa shape index (κ2) is 6.23. The van der Waals surface area contributed by atoms with Crippen molar-refractivity contribution in [3.05, 3.63) is 42.0 Å². The zero-order valence-electron chi connectivity index (χ0n) is 11.9. The molecule has 2 aromatic rings. The van der Waals surface area contributed by atoms with E-state index in [0.717, 1.165) is 12.8 Å². The molecule has 2 N–H and O–H groups in total. The highest BCUT2D eigenvalue weighted by Crippen LogP contribution is 2.18. The molecule has 1 fully saturated rings. The molecular formula is C15H17FN4O2. The highest BCUT2D eigenvalue weighted by molar-refractivity contribution is 5.92. The van der Waals surface area contributed by atoms with Crippen LogP contribution in [0.1, 0.15) is 36.2 Å². The summed E-state index contributed by atoms with van der Waals surface area (Å²) in [6, 6.07) is 5.77. The fourth-order valence-electron chi connectivity index (χ4n) is 2.55. The number of hydrogen-bond donors (Lipinski definition) is 2. The molecule has 1 amide bonds. The maximum atomic E-state index is 12.9. The second-order valence-electron chi connectivity index (χ2n) is 5.47. The van der Waals surface area contributed by atoms with E-state index in [1.165, 1.54) is 23.1 Å². The lowest BCUT2D eigenvalue weighted by Gasteiger charge is -2.25. The number of nitrogens with zero attached hydrogens (tertiary/aromatic N) is 3. The van der Waals surface area contributed by atoms with Gasteiger partial charge in [-0.25, -0.2) is 4.39 Å². The smallest absolute Gasteiger partial charge is 0.273 e. The van der Waals surface area contributed by atoms with Gasteiger partial charge in [0.25, 0.3) is 5.91 Å². The molecular weight excluding hydrogens is 287 g/mol. The molecule has 22 heavy (non-hydrogen) atoms. The van der Waals surface area contributed by atoms with Crippen LogP contribution in [0.15, 0.2) is 30.5 Å². The van der Waals surface area contributed by atoms with Crippen molar-refractivity contribution in [3.63, 3.8) is 0 Å². The van der Waals surface area contributed by atoms with Crippen molar-refractivity contribution in [1.29, 1.82) is 0 Å². The molecule has 0 atom stereocenters. The van der Waals surface area contributed by atoms with Gasteiger partial charge in [-0.05, 0) is 49.9 Å². The molecule has 0 saturated heterocycles. The van der Waals surface area contributed by atoms with E-state index in [0.29, 0.717) is 18.5 Å². The fourth-order valence-corrected chi connectivity index (χ4v) is 2.55. The van der Waals surface area contributed by atoms with Crippen LogP contribution in [0.3, 0.4) is 0 Å². The SMILES string of the molecule is O=C(NC1CCC(O)CC1)c1cnn(-c2ccc(F)cc2)n1. The van der Waals surface area contributed by atoms with Gasteiger partial charge in [-0.1, -0.05) is 0 Å². The first-order valence-electron chi connectivity index (χ1n) is 7.29. The van der Waals surface area contributed by atoms with Crippen LogP contribution in [-0.4, -0.2) is 38.2 Å². The summed E-state index contributed by atoms with van der Waals surface area (Å²) in [6.07, 6.45) is 4.06. The number of hydrogen-bond acceptors (Lipinski definition) is 4. The maximum absolute atomic E-state index is 12.9. The number of aromatic nitrogens is 3. The third-order valence-corrected chi connectivity index (χ3v) is 3.81. The predicted octanol–water partition coefficient (Wildman–Crippen LogP) is 1.44. The molecule has 0 spiro atoms. The number of carbonyl (C=O) groups is 1. The molecule has 7 heteroatoms. The monoisotopic (exact) mass is 304 g/mol. The van der Waals surface area contributed by atoms with E-state index in [1.54, 1.807) is 12.1 Å². The van der Waals surface area contributed by atoms with Gasteiger partial charge in [0.15, 0.2) is 5.69 Å². The van der Waals surface area contributed by atoms with Gasteiger partial charge in [0.05, 0.1) is 18.0 Å².